The van der Waals surface area contributed by atoms with Crippen LogP contribution in [-0.2, 0) is 4.79 Å². The third-order valence-corrected chi connectivity index (χ3v) is 4.04. The molecule has 3 heterocycles. The minimum atomic E-state index is 0.0108. The number of likely N-dealkylation sites (tertiary alicyclic amines) is 1. The largest absolute Gasteiger partial charge is 0.420 e. The van der Waals surface area contributed by atoms with Crippen molar-refractivity contribution in [3.05, 3.63) is 24.1 Å². The Morgan fingerprint density at radius 1 is 1.30 bits per heavy atom. The van der Waals surface area contributed by atoms with Crippen molar-refractivity contribution in [2.75, 3.05) is 13.1 Å². The van der Waals surface area contributed by atoms with Crippen LogP contribution in [0.5, 0.6) is 0 Å². The quantitative estimate of drug-likeness (QED) is 0.863. The Kier molecular flexibility index (Phi) is 4.36. The molecule has 2 aromatic heterocycles. The van der Waals surface area contributed by atoms with E-state index in [-0.39, 0.29) is 17.7 Å². The van der Waals surface area contributed by atoms with Gasteiger partial charge in [0.15, 0.2) is 0 Å². The van der Waals surface area contributed by atoms with Crippen LogP contribution in [0.3, 0.4) is 0 Å². The van der Waals surface area contributed by atoms with E-state index in [1.54, 1.807) is 12.4 Å². The summed E-state index contributed by atoms with van der Waals surface area (Å²) in [6, 6.07) is 0. The number of carbonyl (C=O) groups excluding carboxylic acids is 1. The van der Waals surface area contributed by atoms with Crippen LogP contribution < -0.4 is 0 Å². The van der Waals surface area contributed by atoms with Crippen molar-refractivity contribution in [3.63, 3.8) is 0 Å². The molecule has 122 valence electrons. The molecule has 0 aliphatic carbocycles. The smallest absolute Gasteiger partial charge is 0.250 e. The Bertz CT molecular complexity index is 680. The lowest BCUT2D eigenvalue weighted by molar-refractivity contribution is -0.135. The molecular weight excluding hydrogens is 294 g/mol. The van der Waals surface area contributed by atoms with Crippen LogP contribution in [0.2, 0.25) is 0 Å². The van der Waals surface area contributed by atoms with Gasteiger partial charge in [-0.15, -0.1) is 10.2 Å². The van der Waals surface area contributed by atoms with Gasteiger partial charge >= 0.3 is 0 Å². The summed E-state index contributed by atoms with van der Waals surface area (Å²) in [7, 11) is 0. The third-order valence-electron chi connectivity index (χ3n) is 4.04. The average Bonchev–Trinajstić information content (AvgIpc) is 3.05. The first kappa shape index (κ1) is 15.6. The standard InChI is InChI=1S/C16H21N5O2/c1-10(2)16(22)21-6-4-5-12(9-21)14-19-20-15(23-14)13-7-17-11(3)18-8-13/h7-8,10,12H,4-6,9H2,1-3H3/t12-/m0/s1. The Labute approximate surface area is 135 Å². The Balaban J connectivity index is 1.74. The van der Waals surface area contributed by atoms with E-state index in [1.807, 2.05) is 25.7 Å². The Morgan fingerprint density at radius 2 is 2.04 bits per heavy atom. The second kappa shape index (κ2) is 6.44. The van der Waals surface area contributed by atoms with Gasteiger partial charge in [-0.25, -0.2) is 9.97 Å². The Morgan fingerprint density at radius 3 is 2.74 bits per heavy atom. The summed E-state index contributed by atoms with van der Waals surface area (Å²) < 4.78 is 5.80. The highest BCUT2D eigenvalue weighted by Gasteiger charge is 2.29. The molecule has 1 fully saturated rings. The van der Waals surface area contributed by atoms with Gasteiger partial charge in [0, 0.05) is 31.4 Å². The summed E-state index contributed by atoms with van der Waals surface area (Å²) in [6.07, 6.45) is 5.26. The molecule has 0 bridgehead atoms. The SMILES string of the molecule is Cc1ncc(-c2nnc([C@H]3CCCN(C(=O)C(C)C)C3)o2)cn1. The number of piperidine rings is 1. The summed E-state index contributed by atoms with van der Waals surface area (Å²) >= 11 is 0. The van der Waals surface area contributed by atoms with Crippen LogP contribution in [0.1, 0.15) is 44.3 Å². The van der Waals surface area contributed by atoms with E-state index in [9.17, 15) is 4.79 Å². The predicted octanol–water partition coefficient (Wildman–Crippen LogP) is 2.20. The summed E-state index contributed by atoms with van der Waals surface area (Å²) in [5, 5.41) is 8.26. The summed E-state index contributed by atoms with van der Waals surface area (Å²) in [6.45, 7) is 7.12. The van der Waals surface area contributed by atoms with Crippen molar-refractivity contribution < 1.29 is 9.21 Å². The molecule has 0 N–H and O–H groups in total. The third kappa shape index (κ3) is 3.38. The molecule has 1 saturated heterocycles. The molecule has 1 amide bonds. The monoisotopic (exact) mass is 315 g/mol. The molecule has 1 aliphatic rings. The van der Waals surface area contributed by atoms with Gasteiger partial charge in [0.1, 0.15) is 5.82 Å². The number of nitrogens with zero attached hydrogens (tertiary/aromatic N) is 5. The normalized spacial score (nSPS) is 18.4. The molecule has 0 unspecified atom stereocenters. The molecule has 23 heavy (non-hydrogen) atoms. The second-order valence-electron chi connectivity index (χ2n) is 6.24. The predicted molar refractivity (Wildman–Crippen MR) is 83.5 cm³/mol. The molecule has 0 aromatic carbocycles. The van der Waals surface area contributed by atoms with E-state index in [0.717, 1.165) is 19.4 Å². The van der Waals surface area contributed by atoms with Gasteiger partial charge in [0.2, 0.25) is 11.8 Å². The van der Waals surface area contributed by atoms with Crippen LogP contribution in [0.15, 0.2) is 16.8 Å². The fourth-order valence-electron chi connectivity index (χ4n) is 2.76. The number of rotatable bonds is 3. The molecule has 0 saturated carbocycles. The first-order valence-electron chi connectivity index (χ1n) is 7.96. The minimum Gasteiger partial charge on any atom is -0.420 e. The molecule has 3 rings (SSSR count). The zero-order valence-electron chi connectivity index (χ0n) is 13.7. The van der Waals surface area contributed by atoms with Gasteiger partial charge in [-0.1, -0.05) is 13.8 Å². The van der Waals surface area contributed by atoms with Gasteiger partial charge in [0.25, 0.3) is 5.89 Å². The molecule has 0 spiro atoms. The highest BCUT2D eigenvalue weighted by Crippen LogP contribution is 2.28. The van der Waals surface area contributed by atoms with Gasteiger partial charge in [-0.05, 0) is 19.8 Å². The van der Waals surface area contributed by atoms with E-state index < -0.39 is 0 Å². The average molecular weight is 315 g/mol. The molecule has 7 heteroatoms. The number of amides is 1. The summed E-state index contributed by atoms with van der Waals surface area (Å²) in [5.74, 6) is 2.00. The van der Waals surface area contributed by atoms with Crippen molar-refractivity contribution in [1.29, 1.82) is 0 Å². The topological polar surface area (TPSA) is 85.0 Å². The van der Waals surface area contributed by atoms with Crippen molar-refractivity contribution in [2.45, 2.75) is 39.5 Å². The molecule has 7 nitrogen and oxygen atoms in total. The van der Waals surface area contributed by atoms with Crippen molar-refractivity contribution in [3.8, 4) is 11.5 Å². The fourth-order valence-corrected chi connectivity index (χ4v) is 2.76. The van der Waals surface area contributed by atoms with Crippen LogP contribution in [0.25, 0.3) is 11.5 Å². The van der Waals surface area contributed by atoms with E-state index in [0.29, 0.717) is 29.7 Å². The summed E-state index contributed by atoms with van der Waals surface area (Å²) in [5.41, 5.74) is 0.709. The van der Waals surface area contributed by atoms with E-state index in [4.69, 9.17) is 4.42 Å². The van der Waals surface area contributed by atoms with Gasteiger partial charge in [-0.2, -0.15) is 0 Å². The van der Waals surface area contributed by atoms with Crippen molar-refractivity contribution in [1.82, 2.24) is 25.1 Å². The van der Waals surface area contributed by atoms with E-state index in [1.165, 1.54) is 0 Å². The maximum absolute atomic E-state index is 12.2. The van der Waals surface area contributed by atoms with Crippen LogP contribution in [-0.4, -0.2) is 44.1 Å². The summed E-state index contributed by atoms with van der Waals surface area (Å²) in [4.78, 5) is 22.4. The van der Waals surface area contributed by atoms with E-state index in [2.05, 4.69) is 20.2 Å². The molecule has 1 aliphatic heterocycles. The van der Waals surface area contributed by atoms with Gasteiger partial charge < -0.3 is 9.32 Å². The molecule has 1 atom stereocenters. The number of aromatic nitrogens is 4. The minimum absolute atomic E-state index is 0.0108. The zero-order chi connectivity index (χ0) is 16.4. The van der Waals surface area contributed by atoms with Crippen molar-refractivity contribution in [2.24, 2.45) is 5.92 Å². The van der Waals surface area contributed by atoms with Gasteiger partial charge in [0.05, 0.1) is 11.5 Å². The number of hydrogen-bond donors (Lipinski definition) is 0. The highest BCUT2D eigenvalue weighted by molar-refractivity contribution is 5.78. The lowest BCUT2D eigenvalue weighted by Gasteiger charge is -2.32. The number of aryl methyl sites for hydroxylation is 1. The first-order valence-corrected chi connectivity index (χ1v) is 7.96. The Hall–Kier alpha value is -2.31. The number of carbonyl (C=O) groups is 1. The lowest BCUT2D eigenvalue weighted by Crippen LogP contribution is -2.41. The lowest BCUT2D eigenvalue weighted by atomic mass is 9.97. The highest BCUT2D eigenvalue weighted by atomic mass is 16.4. The van der Waals surface area contributed by atoms with Crippen LogP contribution in [0, 0.1) is 12.8 Å². The van der Waals surface area contributed by atoms with E-state index >= 15 is 0 Å². The van der Waals surface area contributed by atoms with Crippen molar-refractivity contribution >= 4 is 5.91 Å². The van der Waals surface area contributed by atoms with Crippen LogP contribution in [0.4, 0.5) is 0 Å². The second-order valence-corrected chi connectivity index (χ2v) is 6.24. The molecule has 2 aromatic rings. The first-order chi connectivity index (χ1) is 11.0. The zero-order valence-corrected chi connectivity index (χ0v) is 13.7. The van der Waals surface area contributed by atoms with Crippen LogP contribution >= 0.6 is 0 Å². The maximum Gasteiger partial charge on any atom is 0.250 e. The maximum atomic E-state index is 12.2. The number of hydrogen-bond acceptors (Lipinski definition) is 6. The molecule has 0 radical (unpaired) electrons. The fraction of sp³-hybridized carbons (Fsp3) is 0.562. The molecular formula is C16H21N5O2. The van der Waals surface area contributed by atoms with Gasteiger partial charge in [-0.3, -0.25) is 4.79 Å².